The van der Waals surface area contributed by atoms with Crippen LogP contribution in [0.2, 0.25) is 0 Å². The Morgan fingerprint density at radius 1 is 1.08 bits per heavy atom. The summed E-state index contributed by atoms with van der Waals surface area (Å²) in [6.45, 7) is 2.32. The van der Waals surface area contributed by atoms with E-state index in [1.165, 1.54) is 38.5 Å². The largest absolute Gasteiger partial charge is 0.344 e. The molecule has 0 unspecified atom stereocenters. The van der Waals surface area contributed by atoms with E-state index in [9.17, 15) is 0 Å². The van der Waals surface area contributed by atoms with Crippen molar-refractivity contribution in [1.29, 1.82) is 0 Å². The predicted molar refractivity (Wildman–Crippen MR) is 54.8 cm³/mol. The molecule has 2 heteroatoms. The fourth-order valence-electron chi connectivity index (χ4n) is 2.33. The maximum Gasteiger partial charge on any atom is 0.0200 e. The molecule has 12 heavy (non-hydrogen) atoms. The van der Waals surface area contributed by atoms with Gasteiger partial charge in [0.05, 0.1) is 0 Å². The second kappa shape index (κ2) is 4.83. The van der Waals surface area contributed by atoms with Gasteiger partial charge in [0.2, 0.25) is 0 Å². The second-order valence-electron chi connectivity index (χ2n) is 4.03. The van der Waals surface area contributed by atoms with Crippen molar-refractivity contribution in [2.24, 2.45) is 0 Å². The van der Waals surface area contributed by atoms with Gasteiger partial charge in [0.25, 0.3) is 0 Å². The van der Waals surface area contributed by atoms with Crippen LogP contribution in [0.15, 0.2) is 0 Å². The predicted octanol–water partition coefficient (Wildman–Crippen LogP) is 2.82. The second-order valence-corrected chi connectivity index (χ2v) is 4.03. The first-order valence-corrected chi connectivity index (χ1v) is 4.89. The summed E-state index contributed by atoms with van der Waals surface area (Å²) in [5.74, 6) is 0. The molecule has 1 rings (SSSR count). The van der Waals surface area contributed by atoms with E-state index in [4.69, 9.17) is 0 Å². The quantitative estimate of drug-likeness (QED) is 0.695. The Balaban J connectivity index is 0.00000121. The van der Waals surface area contributed by atoms with Crippen molar-refractivity contribution in [3.63, 3.8) is 0 Å². The average Bonchev–Trinajstić information content (AvgIpc) is 2.05. The summed E-state index contributed by atoms with van der Waals surface area (Å²) in [6, 6.07) is 0. The Morgan fingerprint density at radius 2 is 1.58 bits per heavy atom. The van der Waals surface area contributed by atoms with Gasteiger partial charge in [0.1, 0.15) is 0 Å². The molecule has 3 N–H and O–H groups in total. The highest BCUT2D eigenvalue weighted by Gasteiger charge is 2.31. The first-order chi connectivity index (χ1) is 5.21. The maximum atomic E-state index is 2.44. The van der Waals surface area contributed by atoms with E-state index in [0.29, 0.717) is 5.54 Å². The minimum Gasteiger partial charge on any atom is -0.344 e. The maximum absolute atomic E-state index is 2.44. The van der Waals surface area contributed by atoms with Crippen LogP contribution in [-0.4, -0.2) is 24.5 Å². The van der Waals surface area contributed by atoms with Crippen LogP contribution in [0.1, 0.15) is 45.4 Å². The molecule has 0 amide bonds. The number of hydrogen-bond donors (Lipinski definition) is 1. The number of hydrogen-bond acceptors (Lipinski definition) is 2. The molecular formula is C10H24N2. The van der Waals surface area contributed by atoms with E-state index >= 15 is 0 Å². The summed E-state index contributed by atoms with van der Waals surface area (Å²) in [4.78, 5) is 2.44. The summed E-state index contributed by atoms with van der Waals surface area (Å²) >= 11 is 0. The summed E-state index contributed by atoms with van der Waals surface area (Å²) in [7, 11) is 4.46. The number of rotatable bonds is 2. The molecule has 1 aliphatic carbocycles. The van der Waals surface area contributed by atoms with Gasteiger partial charge in [0, 0.05) is 5.54 Å². The van der Waals surface area contributed by atoms with E-state index in [1.54, 1.807) is 0 Å². The Labute approximate surface area is 76.9 Å². The molecular weight excluding hydrogens is 148 g/mol. The minimum atomic E-state index is 0. The van der Waals surface area contributed by atoms with E-state index in [2.05, 4.69) is 25.9 Å². The van der Waals surface area contributed by atoms with Crippen molar-refractivity contribution in [2.45, 2.75) is 51.0 Å². The Morgan fingerprint density at radius 3 is 1.83 bits per heavy atom. The lowest BCUT2D eigenvalue weighted by Crippen LogP contribution is -2.45. The third kappa shape index (κ3) is 2.20. The van der Waals surface area contributed by atoms with Crippen molar-refractivity contribution >= 4 is 0 Å². The molecule has 2 nitrogen and oxygen atoms in total. The molecule has 0 aromatic heterocycles. The zero-order valence-electron chi connectivity index (χ0n) is 8.90. The molecule has 0 aromatic rings. The normalized spacial score (nSPS) is 22.0. The van der Waals surface area contributed by atoms with Crippen LogP contribution >= 0.6 is 0 Å². The highest BCUT2D eigenvalue weighted by Crippen LogP contribution is 2.34. The molecule has 0 radical (unpaired) electrons. The molecule has 0 saturated heterocycles. The standard InChI is InChI=1S/C10H21N.H3N/c1-4-10(11(2)3)8-6-5-7-9-10;/h4-9H2,1-3H3;1H3. The molecule has 0 aliphatic heterocycles. The third-order valence-corrected chi connectivity index (χ3v) is 3.39. The Kier molecular flexibility index (Phi) is 4.80. The van der Waals surface area contributed by atoms with Gasteiger partial charge in [-0.3, -0.25) is 0 Å². The highest BCUT2D eigenvalue weighted by molar-refractivity contribution is 4.88. The van der Waals surface area contributed by atoms with Crippen LogP contribution < -0.4 is 6.15 Å². The van der Waals surface area contributed by atoms with Crippen LogP contribution in [-0.2, 0) is 0 Å². The minimum absolute atomic E-state index is 0. The molecule has 0 heterocycles. The van der Waals surface area contributed by atoms with Crippen molar-refractivity contribution < 1.29 is 0 Å². The lowest BCUT2D eigenvalue weighted by Gasteiger charge is -2.42. The fraction of sp³-hybridized carbons (Fsp3) is 1.00. The van der Waals surface area contributed by atoms with Crippen molar-refractivity contribution in [3.8, 4) is 0 Å². The Hall–Kier alpha value is -0.0800. The van der Waals surface area contributed by atoms with Crippen LogP contribution in [0.25, 0.3) is 0 Å². The van der Waals surface area contributed by atoms with Crippen LogP contribution in [0.5, 0.6) is 0 Å². The summed E-state index contributed by atoms with van der Waals surface area (Å²) in [5.41, 5.74) is 0.554. The molecule has 0 bridgehead atoms. The van der Waals surface area contributed by atoms with Crippen LogP contribution in [0.4, 0.5) is 0 Å². The highest BCUT2D eigenvalue weighted by atomic mass is 15.1. The van der Waals surface area contributed by atoms with Crippen molar-refractivity contribution in [2.75, 3.05) is 14.1 Å². The smallest absolute Gasteiger partial charge is 0.0200 e. The van der Waals surface area contributed by atoms with E-state index in [-0.39, 0.29) is 6.15 Å². The van der Waals surface area contributed by atoms with Crippen molar-refractivity contribution in [1.82, 2.24) is 11.1 Å². The van der Waals surface area contributed by atoms with E-state index < -0.39 is 0 Å². The average molecular weight is 172 g/mol. The molecule has 0 spiro atoms. The molecule has 74 valence electrons. The van der Waals surface area contributed by atoms with E-state index in [0.717, 1.165) is 0 Å². The topological polar surface area (TPSA) is 38.2 Å². The first kappa shape index (κ1) is 11.9. The van der Waals surface area contributed by atoms with Crippen LogP contribution in [0, 0.1) is 0 Å². The summed E-state index contributed by atoms with van der Waals surface area (Å²) in [5, 5.41) is 0. The molecule has 0 aromatic carbocycles. The zero-order chi connectivity index (χ0) is 8.32. The van der Waals surface area contributed by atoms with Gasteiger partial charge >= 0.3 is 0 Å². The summed E-state index contributed by atoms with van der Waals surface area (Å²) in [6.07, 6.45) is 8.47. The monoisotopic (exact) mass is 172 g/mol. The van der Waals surface area contributed by atoms with Crippen molar-refractivity contribution in [3.05, 3.63) is 0 Å². The number of nitrogens with zero attached hydrogens (tertiary/aromatic N) is 1. The van der Waals surface area contributed by atoms with E-state index in [1.807, 2.05) is 0 Å². The summed E-state index contributed by atoms with van der Waals surface area (Å²) < 4.78 is 0. The van der Waals surface area contributed by atoms with Gasteiger partial charge in [-0.05, 0) is 33.4 Å². The van der Waals surface area contributed by atoms with Gasteiger partial charge in [-0.1, -0.05) is 26.2 Å². The first-order valence-electron chi connectivity index (χ1n) is 4.89. The van der Waals surface area contributed by atoms with Gasteiger partial charge in [0.15, 0.2) is 0 Å². The lowest BCUT2D eigenvalue weighted by molar-refractivity contribution is 0.0958. The fourth-order valence-corrected chi connectivity index (χ4v) is 2.33. The Bertz CT molecular complexity index is 115. The molecule has 1 aliphatic rings. The third-order valence-electron chi connectivity index (χ3n) is 3.39. The van der Waals surface area contributed by atoms with Crippen LogP contribution in [0.3, 0.4) is 0 Å². The molecule has 0 atom stereocenters. The molecule has 1 saturated carbocycles. The lowest BCUT2D eigenvalue weighted by atomic mass is 9.79. The molecule has 1 fully saturated rings. The van der Waals surface area contributed by atoms with Gasteiger partial charge in [-0.2, -0.15) is 0 Å². The van der Waals surface area contributed by atoms with Gasteiger partial charge in [-0.15, -0.1) is 0 Å². The SMILES string of the molecule is CCC1(N(C)C)CCCCC1.N. The van der Waals surface area contributed by atoms with Gasteiger partial charge in [-0.25, -0.2) is 0 Å². The van der Waals surface area contributed by atoms with Gasteiger partial charge < -0.3 is 11.1 Å². The zero-order valence-corrected chi connectivity index (χ0v) is 8.90.